The third-order valence-electron chi connectivity index (χ3n) is 3.99. The first kappa shape index (κ1) is 19.9. The first-order chi connectivity index (χ1) is 13.7. The van der Waals surface area contributed by atoms with E-state index in [4.69, 9.17) is 9.47 Å². The van der Waals surface area contributed by atoms with Crippen molar-refractivity contribution in [3.63, 3.8) is 0 Å². The molecule has 3 aromatic rings. The number of benzene rings is 2. The van der Waals surface area contributed by atoms with Crippen LogP contribution < -0.4 is 4.74 Å². The van der Waals surface area contributed by atoms with Crippen LogP contribution in [-0.2, 0) is 16.1 Å². The number of esters is 1. The summed E-state index contributed by atoms with van der Waals surface area (Å²) < 4.78 is 13.0. The third kappa shape index (κ3) is 4.92. The van der Waals surface area contributed by atoms with Gasteiger partial charge in [-0.3, -0.25) is 9.36 Å². The van der Waals surface area contributed by atoms with E-state index in [1.165, 1.54) is 11.8 Å². The Balaban J connectivity index is 1.87. The van der Waals surface area contributed by atoms with Gasteiger partial charge in [0, 0.05) is 5.69 Å². The van der Waals surface area contributed by atoms with Crippen molar-refractivity contribution in [1.29, 1.82) is 0 Å². The molecule has 0 aliphatic carbocycles. The number of carbonyl (C=O) groups is 1. The number of thioether (sulfide) groups is 1. The maximum Gasteiger partial charge on any atom is 0.319 e. The topological polar surface area (TPSA) is 66.2 Å². The Morgan fingerprint density at radius 3 is 2.36 bits per heavy atom. The molecule has 146 valence electrons. The van der Waals surface area contributed by atoms with Crippen molar-refractivity contribution in [2.75, 3.05) is 6.61 Å². The Bertz CT molecular complexity index is 884. The lowest BCUT2D eigenvalue weighted by molar-refractivity contribution is -0.142. The summed E-state index contributed by atoms with van der Waals surface area (Å²) in [6, 6.07) is 19.4. The van der Waals surface area contributed by atoms with Crippen LogP contribution in [0.15, 0.2) is 65.8 Å². The van der Waals surface area contributed by atoms with Crippen molar-refractivity contribution >= 4 is 17.7 Å². The van der Waals surface area contributed by atoms with Gasteiger partial charge in [-0.2, -0.15) is 0 Å². The largest absolute Gasteiger partial charge is 0.486 e. The second kappa shape index (κ2) is 9.94. The molecule has 0 aliphatic rings. The van der Waals surface area contributed by atoms with E-state index in [9.17, 15) is 4.79 Å². The maximum atomic E-state index is 12.2. The average Bonchev–Trinajstić information content (AvgIpc) is 3.14. The normalized spacial score (nSPS) is 11.8. The molecule has 0 radical (unpaired) electrons. The van der Waals surface area contributed by atoms with Crippen LogP contribution in [0.4, 0.5) is 0 Å². The predicted molar refractivity (Wildman–Crippen MR) is 109 cm³/mol. The molecule has 0 bridgehead atoms. The smallest absolute Gasteiger partial charge is 0.319 e. The molecule has 0 saturated carbocycles. The molecule has 0 amide bonds. The minimum absolute atomic E-state index is 0.236. The Morgan fingerprint density at radius 2 is 1.71 bits per heavy atom. The van der Waals surface area contributed by atoms with Crippen molar-refractivity contribution < 1.29 is 14.3 Å². The van der Waals surface area contributed by atoms with Gasteiger partial charge in [-0.1, -0.05) is 55.1 Å². The third-order valence-corrected chi connectivity index (χ3v) is 5.28. The standard InChI is InChI=1S/C21H23N3O3S/c1-3-18(20(25)26-4-2)28-21-23-22-19(15-27-17-13-9-6-10-14-17)24(21)16-11-7-5-8-12-16/h5-14,18H,3-4,15H2,1-2H3/t18-/m1/s1. The molecule has 0 saturated heterocycles. The Kier molecular flexibility index (Phi) is 7.08. The lowest BCUT2D eigenvalue weighted by Gasteiger charge is -2.15. The van der Waals surface area contributed by atoms with Crippen LogP contribution in [0.1, 0.15) is 26.1 Å². The van der Waals surface area contributed by atoms with Gasteiger partial charge in [0.25, 0.3) is 0 Å². The number of para-hydroxylation sites is 2. The zero-order valence-corrected chi connectivity index (χ0v) is 16.8. The van der Waals surface area contributed by atoms with Gasteiger partial charge < -0.3 is 9.47 Å². The van der Waals surface area contributed by atoms with Gasteiger partial charge >= 0.3 is 5.97 Å². The van der Waals surface area contributed by atoms with Gasteiger partial charge in [-0.15, -0.1) is 10.2 Å². The molecule has 3 rings (SSSR count). The summed E-state index contributed by atoms with van der Waals surface area (Å²) in [5.41, 5.74) is 0.917. The molecule has 1 atom stereocenters. The zero-order chi connectivity index (χ0) is 19.8. The second-order valence-electron chi connectivity index (χ2n) is 5.94. The van der Waals surface area contributed by atoms with Crippen molar-refractivity contribution in [2.24, 2.45) is 0 Å². The Morgan fingerprint density at radius 1 is 1.04 bits per heavy atom. The van der Waals surface area contributed by atoms with Gasteiger partial charge in [0.05, 0.1) is 6.61 Å². The number of aromatic nitrogens is 3. The number of carbonyl (C=O) groups excluding carboxylic acids is 1. The summed E-state index contributed by atoms with van der Waals surface area (Å²) in [5, 5.41) is 8.94. The fourth-order valence-corrected chi connectivity index (χ4v) is 3.62. The van der Waals surface area contributed by atoms with E-state index in [1.807, 2.05) is 72.2 Å². The highest BCUT2D eigenvalue weighted by atomic mass is 32.2. The van der Waals surface area contributed by atoms with Crippen molar-refractivity contribution in [2.45, 2.75) is 37.3 Å². The van der Waals surface area contributed by atoms with Crippen molar-refractivity contribution in [1.82, 2.24) is 14.8 Å². The SMILES string of the molecule is CCOC(=O)[C@@H](CC)Sc1nnc(COc2ccccc2)n1-c1ccccc1. The van der Waals surface area contributed by atoms with E-state index in [-0.39, 0.29) is 17.8 Å². The van der Waals surface area contributed by atoms with E-state index in [1.54, 1.807) is 6.92 Å². The number of hydrogen-bond donors (Lipinski definition) is 0. The van der Waals surface area contributed by atoms with E-state index in [0.717, 1.165) is 11.4 Å². The van der Waals surface area contributed by atoms with Crippen LogP contribution in [0, 0.1) is 0 Å². The van der Waals surface area contributed by atoms with Crippen molar-refractivity contribution in [3.8, 4) is 11.4 Å². The Hall–Kier alpha value is -2.80. The highest BCUT2D eigenvalue weighted by Crippen LogP contribution is 2.28. The monoisotopic (exact) mass is 397 g/mol. The average molecular weight is 398 g/mol. The van der Waals surface area contributed by atoms with Gasteiger partial charge in [0.15, 0.2) is 11.0 Å². The van der Waals surface area contributed by atoms with Crippen LogP contribution in [-0.4, -0.2) is 32.6 Å². The summed E-state index contributed by atoms with van der Waals surface area (Å²) in [4.78, 5) is 12.2. The van der Waals surface area contributed by atoms with Gasteiger partial charge in [0.1, 0.15) is 17.6 Å². The number of ether oxygens (including phenoxy) is 2. The summed E-state index contributed by atoms with van der Waals surface area (Å²) in [5.74, 6) is 1.19. The van der Waals surface area contributed by atoms with Gasteiger partial charge in [-0.25, -0.2) is 0 Å². The first-order valence-corrected chi connectivity index (χ1v) is 10.1. The lowest BCUT2D eigenvalue weighted by Crippen LogP contribution is -2.20. The van der Waals surface area contributed by atoms with Crippen LogP contribution in [0.2, 0.25) is 0 Å². The molecule has 28 heavy (non-hydrogen) atoms. The van der Waals surface area contributed by atoms with Crippen LogP contribution in [0.5, 0.6) is 5.75 Å². The molecule has 0 aliphatic heterocycles. The molecule has 6 nitrogen and oxygen atoms in total. The van der Waals surface area contributed by atoms with E-state index >= 15 is 0 Å². The molecule has 0 fully saturated rings. The highest BCUT2D eigenvalue weighted by Gasteiger charge is 2.24. The maximum absolute atomic E-state index is 12.2. The summed E-state index contributed by atoms with van der Waals surface area (Å²) in [6.45, 7) is 4.39. The van der Waals surface area contributed by atoms with Gasteiger partial charge in [0.2, 0.25) is 0 Å². The first-order valence-electron chi connectivity index (χ1n) is 9.23. The van der Waals surface area contributed by atoms with Crippen LogP contribution in [0.3, 0.4) is 0 Å². The van der Waals surface area contributed by atoms with E-state index < -0.39 is 0 Å². The fraction of sp³-hybridized carbons (Fsp3) is 0.286. The molecular weight excluding hydrogens is 374 g/mol. The van der Waals surface area contributed by atoms with E-state index in [0.29, 0.717) is 24.0 Å². The minimum Gasteiger partial charge on any atom is -0.486 e. The molecule has 7 heteroatoms. The summed E-state index contributed by atoms with van der Waals surface area (Å²) in [6.07, 6.45) is 0.640. The second-order valence-corrected chi connectivity index (χ2v) is 7.11. The number of rotatable bonds is 9. The molecule has 0 N–H and O–H groups in total. The zero-order valence-electron chi connectivity index (χ0n) is 15.9. The predicted octanol–water partition coefficient (Wildman–Crippen LogP) is 4.28. The summed E-state index contributed by atoms with van der Waals surface area (Å²) in [7, 11) is 0. The number of nitrogens with zero attached hydrogens (tertiary/aromatic N) is 3. The van der Waals surface area contributed by atoms with Gasteiger partial charge in [-0.05, 0) is 37.6 Å². The Labute approximate surface area is 168 Å². The summed E-state index contributed by atoms with van der Waals surface area (Å²) >= 11 is 1.36. The minimum atomic E-state index is -0.338. The quantitative estimate of drug-likeness (QED) is 0.397. The highest BCUT2D eigenvalue weighted by molar-refractivity contribution is 8.00. The van der Waals surface area contributed by atoms with Crippen LogP contribution >= 0.6 is 11.8 Å². The van der Waals surface area contributed by atoms with Crippen LogP contribution in [0.25, 0.3) is 5.69 Å². The van der Waals surface area contributed by atoms with E-state index in [2.05, 4.69) is 10.2 Å². The molecular formula is C21H23N3O3S. The molecule has 0 spiro atoms. The molecule has 0 unspecified atom stereocenters. The molecule has 1 aromatic heterocycles. The van der Waals surface area contributed by atoms with Crippen molar-refractivity contribution in [3.05, 3.63) is 66.5 Å². The fourth-order valence-electron chi connectivity index (χ4n) is 2.63. The molecule has 2 aromatic carbocycles. The number of hydrogen-bond acceptors (Lipinski definition) is 6. The molecule has 1 heterocycles. The lowest BCUT2D eigenvalue weighted by atomic mass is 10.3.